The van der Waals surface area contributed by atoms with Gasteiger partial charge < -0.3 is 5.11 Å². The van der Waals surface area contributed by atoms with Crippen molar-refractivity contribution in [2.45, 2.75) is 31.7 Å². The van der Waals surface area contributed by atoms with Gasteiger partial charge in [0.05, 0.1) is 4.90 Å². The Morgan fingerprint density at radius 2 is 1.80 bits per heavy atom. The first-order valence-electron chi connectivity index (χ1n) is 5.77. The van der Waals surface area contributed by atoms with Crippen LogP contribution in [0, 0.1) is 12.8 Å². The molecule has 8 heteroatoms. The Labute approximate surface area is 135 Å². The SMILES string of the molecule is Cc1cc(Br)c(S(=O)(=O)NC(C(=O)O)C(C)C)cc1Br. The van der Waals surface area contributed by atoms with E-state index in [9.17, 15) is 13.2 Å². The summed E-state index contributed by atoms with van der Waals surface area (Å²) < 4.78 is 27.9. The van der Waals surface area contributed by atoms with Crippen molar-refractivity contribution in [3.8, 4) is 0 Å². The monoisotopic (exact) mass is 427 g/mol. The molecule has 2 N–H and O–H groups in total. The molecule has 0 amide bonds. The van der Waals surface area contributed by atoms with E-state index in [1.165, 1.54) is 6.07 Å². The minimum Gasteiger partial charge on any atom is -0.480 e. The number of rotatable bonds is 5. The summed E-state index contributed by atoms with van der Waals surface area (Å²) in [6, 6.07) is 1.93. The number of nitrogens with one attached hydrogen (secondary N) is 1. The van der Waals surface area contributed by atoms with Crippen LogP contribution in [0.2, 0.25) is 0 Å². The zero-order valence-corrected chi connectivity index (χ0v) is 15.1. The Hall–Kier alpha value is -0.440. The van der Waals surface area contributed by atoms with E-state index in [1.807, 2.05) is 6.92 Å². The van der Waals surface area contributed by atoms with Crippen molar-refractivity contribution >= 4 is 47.9 Å². The Morgan fingerprint density at radius 1 is 1.25 bits per heavy atom. The standard InChI is InChI=1S/C12H15Br2NO4S/c1-6(2)11(12(16)17)15-20(18,19)10-5-8(13)7(3)4-9(10)14/h4-6,11,15H,1-3H3,(H,16,17). The zero-order chi connectivity index (χ0) is 15.7. The molecule has 1 rings (SSSR count). The number of benzene rings is 1. The summed E-state index contributed by atoms with van der Waals surface area (Å²) >= 11 is 6.46. The first kappa shape index (κ1) is 17.6. The molecule has 0 saturated heterocycles. The predicted octanol–water partition coefficient (Wildman–Crippen LogP) is 2.91. The van der Waals surface area contributed by atoms with Gasteiger partial charge in [0.2, 0.25) is 10.0 Å². The van der Waals surface area contributed by atoms with E-state index in [1.54, 1.807) is 19.9 Å². The lowest BCUT2D eigenvalue weighted by molar-refractivity contribution is -0.140. The maximum Gasteiger partial charge on any atom is 0.322 e. The summed E-state index contributed by atoms with van der Waals surface area (Å²) in [6.45, 7) is 5.11. The lowest BCUT2D eigenvalue weighted by Gasteiger charge is -2.18. The average molecular weight is 429 g/mol. The molecular formula is C12H15Br2NO4S. The fourth-order valence-corrected chi connectivity index (χ4v) is 4.55. The number of hydrogen-bond donors (Lipinski definition) is 2. The van der Waals surface area contributed by atoms with Crippen molar-refractivity contribution in [2.75, 3.05) is 0 Å². The summed E-state index contributed by atoms with van der Waals surface area (Å²) in [7, 11) is -3.93. The average Bonchev–Trinajstić information content (AvgIpc) is 2.30. The van der Waals surface area contributed by atoms with Crippen LogP contribution in [-0.4, -0.2) is 25.5 Å². The maximum absolute atomic E-state index is 12.3. The number of aryl methyl sites for hydroxylation is 1. The van der Waals surface area contributed by atoms with Crippen LogP contribution >= 0.6 is 31.9 Å². The van der Waals surface area contributed by atoms with Gasteiger partial charge in [-0.1, -0.05) is 29.8 Å². The molecule has 1 atom stereocenters. The molecule has 0 aliphatic carbocycles. The van der Waals surface area contributed by atoms with Crippen LogP contribution in [0.25, 0.3) is 0 Å². The summed E-state index contributed by atoms with van der Waals surface area (Å²) in [6.07, 6.45) is 0. The third-order valence-corrected chi connectivity index (χ3v) is 5.97. The molecule has 0 heterocycles. The fraction of sp³-hybridized carbons (Fsp3) is 0.417. The quantitative estimate of drug-likeness (QED) is 0.755. The van der Waals surface area contributed by atoms with E-state index in [4.69, 9.17) is 5.11 Å². The molecule has 0 fully saturated rings. The third kappa shape index (κ3) is 4.03. The van der Waals surface area contributed by atoms with Crippen LogP contribution in [-0.2, 0) is 14.8 Å². The molecule has 0 radical (unpaired) electrons. The Kier molecular flexibility index (Phi) is 5.77. The van der Waals surface area contributed by atoms with Gasteiger partial charge in [-0.3, -0.25) is 4.79 Å². The van der Waals surface area contributed by atoms with Crippen molar-refractivity contribution in [2.24, 2.45) is 5.92 Å². The van der Waals surface area contributed by atoms with E-state index < -0.39 is 22.0 Å². The summed E-state index contributed by atoms with van der Waals surface area (Å²) in [5.74, 6) is -1.57. The van der Waals surface area contributed by atoms with Crippen LogP contribution in [0.4, 0.5) is 0 Å². The lowest BCUT2D eigenvalue weighted by atomic mass is 10.1. The van der Waals surface area contributed by atoms with Crippen LogP contribution in [0.3, 0.4) is 0 Å². The van der Waals surface area contributed by atoms with Crippen molar-refractivity contribution < 1.29 is 18.3 Å². The number of carboxylic acid groups (broad SMARTS) is 1. The van der Waals surface area contributed by atoms with Gasteiger partial charge in [0.15, 0.2) is 0 Å². The van der Waals surface area contributed by atoms with Gasteiger partial charge in [-0.15, -0.1) is 0 Å². The van der Waals surface area contributed by atoms with E-state index >= 15 is 0 Å². The number of hydrogen-bond acceptors (Lipinski definition) is 3. The van der Waals surface area contributed by atoms with Crippen LogP contribution in [0.5, 0.6) is 0 Å². The molecule has 0 bridgehead atoms. The van der Waals surface area contributed by atoms with Gasteiger partial charge >= 0.3 is 5.97 Å². The molecule has 20 heavy (non-hydrogen) atoms. The Morgan fingerprint density at radius 3 is 2.25 bits per heavy atom. The molecule has 0 aliphatic heterocycles. The smallest absolute Gasteiger partial charge is 0.322 e. The second kappa shape index (κ2) is 6.55. The normalized spacial score (nSPS) is 13.5. The summed E-state index contributed by atoms with van der Waals surface area (Å²) in [5, 5.41) is 9.07. The molecule has 0 saturated carbocycles. The van der Waals surface area contributed by atoms with Crippen molar-refractivity contribution in [1.82, 2.24) is 4.72 Å². The minimum absolute atomic E-state index is 0.00174. The van der Waals surface area contributed by atoms with Crippen LogP contribution < -0.4 is 4.72 Å². The molecule has 5 nitrogen and oxygen atoms in total. The summed E-state index contributed by atoms with van der Waals surface area (Å²) in [5.41, 5.74) is 0.870. The van der Waals surface area contributed by atoms with Gasteiger partial charge in [0.1, 0.15) is 6.04 Å². The molecule has 0 aliphatic rings. The lowest BCUT2D eigenvalue weighted by Crippen LogP contribution is -2.44. The predicted molar refractivity (Wildman–Crippen MR) is 83.2 cm³/mol. The molecule has 0 aromatic heterocycles. The van der Waals surface area contributed by atoms with E-state index in [2.05, 4.69) is 36.6 Å². The largest absolute Gasteiger partial charge is 0.480 e. The number of carbonyl (C=O) groups is 1. The number of aliphatic carboxylic acids is 1. The highest BCUT2D eigenvalue weighted by Crippen LogP contribution is 2.29. The molecule has 0 spiro atoms. The first-order valence-corrected chi connectivity index (χ1v) is 8.84. The highest BCUT2D eigenvalue weighted by molar-refractivity contribution is 9.11. The van der Waals surface area contributed by atoms with Gasteiger partial charge in [-0.2, -0.15) is 4.72 Å². The van der Waals surface area contributed by atoms with E-state index in [-0.39, 0.29) is 10.8 Å². The number of carboxylic acids is 1. The molecule has 112 valence electrons. The van der Waals surface area contributed by atoms with Crippen molar-refractivity contribution in [1.29, 1.82) is 0 Å². The second-order valence-electron chi connectivity index (χ2n) is 4.71. The molecule has 1 aromatic carbocycles. The molecule has 1 unspecified atom stereocenters. The van der Waals surface area contributed by atoms with Crippen LogP contribution in [0.15, 0.2) is 26.0 Å². The topological polar surface area (TPSA) is 83.5 Å². The van der Waals surface area contributed by atoms with Crippen molar-refractivity contribution in [3.63, 3.8) is 0 Å². The van der Waals surface area contributed by atoms with Gasteiger partial charge in [-0.05, 0) is 46.5 Å². The maximum atomic E-state index is 12.3. The van der Waals surface area contributed by atoms with Crippen molar-refractivity contribution in [3.05, 3.63) is 26.6 Å². The summed E-state index contributed by atoms with van der Waals surface area (Å²) in [4.78, 5) is 11.1. The van der Waals surface area contributed by atoms with Gasteiger partial charge in [0, 0.05) is 8.95 Å². The Bertz CT molecular complexity index is 629. The van der Waals surface area contributed by atoms with Gasteiger partial charge in [0.25, 0.3) is 0 Å². The zero-order valence-electron chi connectivity index (χ0n) is 11.1. The number of sulfonamides is 1. The fourth-order valence-electron chi connectivity index (χ4n) is 1.54. The van der Waals surface area contributed by atoms with Gasteiger partial charge in [-0.25, -0.2) is 8.42 Å². The Balaban J connectivity index is 3.24. The van der Waals surface area contributed by atoms with E-state index in [0.717, 1.165) is 5.56 Å². The third-order valence-electron chi connectivity index (χ3n) is 2.72. The number of halogens is 2. The van der Waals surface area contributed by atoms with Crippen LogP contribution in [0.1, 0.15) is 19.4 Å². The van der Waals surface area contributed by atoms with E-state index in [0.29, 0.717) is 8.95 Å². The molecule has 1 aromatic rings. The highest BCUT2D eigenvalue weighted by Gasteiger charge is 2.29. The highest BCUT2D eigenvalue weighted by atomic mass is 79.9. The molecular weight excluding hydrogens is 414 g/mol. The first-order chi connectivity index (χ1) is 9.06. The second-order valence-corrected chi connectivity index (χ2v) is 8.10. The minimum atomic E-state index is -3.93.